The molecule has 7 heteroatoms. The summed E-state index contributed by atoms with van der Waals surface area (Å²) in [6.07, 6.45) is 5.32. The quantitative estimate of drug-likeness (QED) is 0.909. The summed E-state index contributed by atoms with van der Waals surface area (Å²) in [7, 11) is 0. The van der Waals surface area contributed by atoms with E-state index in [2.05, 4.69) is 33.4 Å². The van der Waals surface area contributed by atoms with Gasteiger partial charge in [0, 0.05) is 24.8 Å². The van der Waals surface area contributed by atoms with E-state index in [4.69, 9.17) is 0 Å². The first-order valence-corrected chi connectivity index (χ1v) is 8.42. The van der Waals surface area contributed by atoms with Crippen LogP contribution in [0.5, 0.6) is 0 Å². The molecule has 1 fully saturated rings. The van der Waals surface area contributed by atoms with Gasteiger partial charge >= 0.3 is 0 Å². The molecular weight excluding hydrogens is 304 g/mol. The fourth-order valence-electron chi connectivity index (χ4n) is 3.04. The van der Waals surface area contributed by atoms with Crippen LogP contribution in [0.3, 0.4) is 0 Å². The number of nitrogens with one attached hydrogen (secondary N) is 1. The average Bonchev–Trinajstić information content (AvgIpc) is 3.17. The molecule has 1 unspecified atom stereocenters. The van der Waals surface area contributed by atoms with Crippen LogP contribution in [0, 0.1) is 13.8 Å². The Kier molecular flexibility index (Phi) is 4.78. The Morgan fingerprint density at radius 3 is 2.71 bits per heavy atom. The molecule has 0 radical (unpaired) electrons. The van der Waals surface area contributed by atoms with E-state index in [0.29, 0.717) is 11.5 Å². The number of aryl methyl sites for hydroxylation is 2. The molecule has 0 aliphatic carbocycles. The third-order valence-corrected chi connectivity index (χ3v) is 4.19. The molecule has 1 N–H and O–H groups in total. The lowest BCUT2D eigenvalue weighted by Gasteiger charge is -2.17. The standard InChI is InChI=1S/C17H24N6O/c1-12-8-14(3)23(21-12)11-13(2)19-16-10-18-9-15(20-16)17(24)22-6-4-5-7-22/h8-10,13H,4-7,11H2,1-3H3,(H,19,20). The molecular formula is C17H24N6O. The summed E-state index contributed by atoms with van der Waals surface area (Å²) < 4.78 is 1.97. The number of rotatable bonds is 5. The fraction of sp³-hybridized carbons (Fsp3) is 0.529. The summed E-state index contributed by atoms with van der Waals surface area (Å²) in [4.78, 5) is 22.8. The number of hydrogen-bond acceptors (Lipinski definition) is 5. The number of hydrogen-bond donors (Lipinski definition) is 1. The van der Waals surface area contributed by atoms with Crippen LogP contribution in [0.4, 0.5) is 5.82 Å². The number of anilines is 1. The SMILES string of the molecule is Cc1cc(C)n(CC(C)Nc2cncc(C(=O)N3CCCC3)n2)n1. The largest absolute Gasteiger partial charge is 0.364 e. The van der Waals surface area contributed by atoms with Crippen molar-refractivity contribution in [3.05, 3.63) is 35.5 Å². The molecule has 1 atom stereocenters. The Morgan fingerprint density at radius 2 is 2.04 bits per heavy atom. The molecule has 2 aromatic heterocycles. The topological polar surface area (TPSA) is 75.9 Å². The third kappa shape index (κ3) is 3.72. The van der Waals surface area contributed by atoms with Gasteiger partial charge in [0.1, 0.15) is 11.5 Å². The van der Waals surface area contributed by atoms with Crippen molar-refractivity contribution < 1.29 is 4.79 Å². The number of carbonyl (C=O) groups is 1. The van der Waals surface area contributed by atoms with Crippen LogP contribution in [-0.2, 0) is 6.54 Å². The number of likely N-dealkylation sites (tertiary alicyclic amines) is 1. The molecule has 2 aromatic rings. The molecule has 128 valence electrons. The minimum atomic E-state index is -0.0325. The van der Waals surface area contributed by atoms with E-state index in [0.717, 1.165) is 43.9 Å². The zero-order valence-corrected chi connectivity index (χ0v) is 14.5. The summed E-state index contributed by atoms with van der Waals surface area (Å²) in [6, 6.07) is 2.18. The lowest BCUT2D eigenvalue weighted by molar-refractivity contribution is 0.0786. The first kappa shape index (κ1) is 16.4. The monoisotopic (exact) mass is 328 g/mol. The van der Waals surface area contributed by atoms with Crippen LogP contribution >= 0.6 is 0 Å². The molecule has 0 spiro atoms. The molecule has 24 heavy (non-hydrogen) atoms. The highest BCUT2D eigenvalue weighted by Crippen LogP contribution is 2.13. The van der Waals surface area contributed by atoms with Gasteiger partial charge in [-0.25, -0.2) is 4.98 Å². The maximum atomic E-state index is 12.4. The minimum Gasteiger partial charge on any atom is -0.364 e. The normalized spacial score (nSPS) is 15.5. The molecule has 1 aliphatic heterocycles. The van der Waals surface area contributed by atoms with Gasteiger partial charge in [0.05, 0.1) is 24.6 Å². The van der Waals surface area contributed by atoms with Crippen molar-refractivity contribution in [1.82, 2.24) is 24.6 Å². The van der Waals surface area contributed by atoms with Gasteiger partial charge < -0.3 is 10.2 Å². The molecule has 7 nitrogen and oxygen atoms in total. The Labute approximate surface area is 142 Å². The van der Waals surface area contributed by atoms with Crippen molar-refractivity contribution >= 4 is 11.7 Å². The zero-order chi connectivity index (χ0) is 17.1. The highest BCUT2D eigenvalue weighted by molar-refractivity contribution is 5.92. The molecule has 3 heterocycles. The van der Waals surface area contributed by atoms with Gasteiger partial charge in [-0.2, -0.15) is 5.10 Å². The molecule has 1 saturated heterocycles. The van der Waals surface area contributed by atoms with E-state index >= 15 is 0 Å². The number of aromatic nitrogens is 4. The first-order chi connectivity index (χ1) is 11.5. The van der Waals surface area contributed by atoms with Crippen LogP contribution in [0.2, 0.25) is 0 Å². The Balaban J connectivity index is 1.65. The van der Waals surface area contributed by atoms with Gasteiger partial charge in [-0.15, -0.1) is 0 Å². The molecule has 3 rings (SSSR count). The summed E-state index contributed by atoms with van der Waals surface area (Å²) >= 11 is 0. The van der Waals surface area contributed by atoms with Crippen LogP contribution in [0.1, 0.15) is 41.6 Å². The van der Waals surface area contributed by atoms with Crippen molar-refractivity contribution in [2.24, 2.45) is 0 Å². The molecule has 0 bridgehead atoms. The average molecular weight is 328 g/mol. The van der Waals surface area contributed by atoms with Crippen LogP contribution in [-0.4, -0.2) is 49.7 Å². The number of carbonyl (C=O) groups excluding carboxylic acids is 1. The molecule has 1 amide bonds. The number of amides is 1. The zero-order valence-electron chi connectivity index (χ0n) is 14.5. The predicted octanol–water partition coefficient (Wildman–Crippen LogP) is 2.03. The third-order valence-electron chi connectivity index (χ3n) is 4.19. The second-order valence-corrected chi connectivity index (χ2v) is 6.44. The van der Waals surface area contributed by atoms with Gasteiger partial charge in [-0.1, -0.05) is 0 Å². The smallest absolute Gasteiger partial charge is 0.274 e. The van der Waals surface area contributed by atoms with E-state index in [-0.39, 0.29) is 11.9 Å². The lowest BCUT2D eigenvalue weighted by Crippen LogP contribution is -2.29. The van der Waals surface area contributed by atoms with Crippen LogP contribution in [0.15, 0.2) is 18.5 Å². The lowest BCUT2D eigenvalue weighted by atomic mass is 10.3. The van der Waals surface area contributed by atoms with Crippen molar-refractivity contribution in [2.75, 3.05) is 18.4 Å². The van der Waals surface area contributed by atoms with Crippen molar-refractivity contribution in [1.29, 1.82) is 0 Å². The fourth-order valence-corrected chi connectivity index (χ4v) is 3.04. The van der Waals surface area contributed by atoms with Gasteiger partial charge in [-0.3, -0.25) is 14.5 Å². The molecule has 0 aromatic carbocycles. The van der Waals surface area contributed by atoms with Crippen molar-refractivity contribution in [2.45, 2.75) is 46.2 Å². The maximum absolute atomic E-state index is 12.4. The maximum Gasteiger partial charge on any atom is 0.274 e. The van der Waals surface area contributed by atoms with E-state index in [1.54, 1.807) is 6.20 Å². The second kappa shape index (κ2) is 6.98. The summed E-state index contributed by atoms with van der Waals surface area (Å²) in [5.41, 5.74) is 2.54. The van der Waals surface area contributed by atoms with Gasteiger partial charge in [0.2, 0.25) is 0 Å². The van der Waals surface area contributed by atoms with Gasteiger partial charge in [-0.05, 0) is 39.7 Å². The van der Waals surface area contributed by atoms with Crippen molar-refractivity contribution in [3.8, 4) is 0 Å². The predicted molar refractivity (Wildman–Crippen MR) is 92.0 cm³/mol. The Hall–Kier alpha value is -2.44. The highest BCUT2D eigenvalue weighted by Gasteiger charge is 2.21. The Morgan fingerprint density at radius 1 is 1.29 bits per heavy atom. The molecule has 1 aliphatic rings. The van der Waals surface area contributed by atoms with E-state index < -0.39 is 0 Å². The van der Waals surface area contributed by atoms with E-state index in [1.165, 1.54) is 6.20 Å². The summed E-state index contributed by atoms with van der Waals surface area (Å²) in [6.45, 7) is 8.44. The van der Waals surface area contributed by atoms with Crippen LogP contribution in [0.25, 0.3) is 0 Å². The highest BCUT2D eigenvalue weighted by atomic mass is 16.2. The van der Waals surface area contributed by atoms with Gasteiger partial charge in [0.15, 0.2) is 0 Å². The van der Waals surface area contributed by atoms with E-state index in [9.17, 15) is 4.79 Å². The minimum absolute atomic E-state index is 0.0325. The summed E-state index contributed by atoms with van der Waals surface area (Å²) in [5, 5.41) is 7.78. The van der Waals surface area contributed by atoms with Crippen molar-refractivity contribution in [3.63, 3.8) is 0 Å². The first-order valence-electron chi connectivity index (χ1n) is 8.42. The van der Waals surface area contributed by atoms with Crippen LogP contribution < -0.4 is 5.32 Å². The Bertz CT molecular complexity index is 720. The van der Waals surface area contributed by atoms with E-state index in [1.807, 2.05) is 23.4 Å². The summed E-state index contributed by atoms with van der Waals surface area (Å²) in [5.74, 6) is 0.587. The number of nitrogens with zero attached hydrogens (tertiary/aromatic N) is 5. The van der Waals surface area contributed by atoms with Gasteiger partial charge in [0.25, 0.3) is 5.91 Å². The second-order valence-electron chi connectivity index (χ2n) is 6.44. The molecule has 0 saturated carbocycles.